The monoisotopic (exact) mass is 266 g/mol. The van der Waals surface area contributed by atoms with Gasteiger partial charge in [-0.2, -0.15) is 0 Å². The summed E-state index contributed by atoms with van der Waals surface area (Å²) in [6, 6.07) is 6.27. The molecule has 2 heterocycles. The first-order chi connectivity index (χ1) is 9.56. The SMILES string of the molecule is Cc1nc(Nc2c(C)cccc2C)c2c(C)c[nH]c2n1. The molecule has 3 aromatic rings. The highest BCUT2D eigenvalue weighted by Crippen LogP contribution is 2.29. The Bertz CT molecular complexity index is 766. The number of hydrogen-bond acceptors (Lipinski definition) is 3. The second-order valence-corrected chi connectivity index (χ2v) is 5.21. The van der Waals surface area contributed by atoms with Crippen LogP contribution in [0.2, 0.25) is 0 Å². The molecule has 0 atom stereocenters. The minimum Gasteiger partial charge on any atom is -0.346 e. The zero-order chi connectivity index (χ0) is 14.3. The van der Waals surface area contributed by atoms with Gasteiger partial charge in [0.15, 0.2) is 0 Å². The molecular formula is C16H18N4. The zero-order valence-corrected chi connectivity index (χ0v) is 12.2. The Morgan fingerprint density at radius 1 is 0.950 bits per heavy atom. The van der Waals surface area contributed by atoms with Crippen molar-refractivity contribution in [3.05, 3.63) is 46.9 Å². The fourth-order valence-corrected chi connectivity index (χ4v) is 2.52. The van der Waals surface area contributed by atoms with E-state index in [1.165, 1.54) is 11.1 Å². The van der Waals surface area contributed by atoms with E-state index >= 15 is 0 Å². The van der Waals surface area contributed by atoms with Gasteiger partial charge >= 0.3 is 0 Å². The molecule has 0 aliphatic carbocycles. The lowest BCUT2D eigenvalue weighted by molar-refractivity contribution is 1.08. The highest BCUT2D eigenvalue weighted by atomic mass is 15.1. The molecule has 0 bridgehead atoms. The molecule has 2 N–H and O–H groups in total. The van der Waals surface area contributed by atoms with Crippen molar-refractivity contribution in [1.29, 1.82) is 0 Å². The number of benzene rings is 1. The number of para-hydroxylation sites is 1. The molecule has 1 aromatic carbocycles. The second kappa shape index (κ2) is 4.63. The highest BCUT2D eigenvalue weighted by Gasteiger charge is 2.12. The Hall–Kier alpha value is -2.36. The van der Waals surface area contributed by atoms with Crippen molar-refractivity contribution in [1.82, 2.24) is 15.0 Å². The van der Waals surface area contributed by atoms with Gasteiger partial charge in [0, 0.05) is 11.9 Å². The molecule has 0 aliphatic rings. The van der Waals surface area contributed by atoms with Gasteiger partial charge in [0.25, 0.3) is 0 Å². The van der Waals surface area contributed by atoms with Crippen LogP contribution < -0.4 is 5.32 Å². The molecule has 0 saturated carbocycles. The van der Waals surface area contributed by atoms with Gasteiger partial charge in [-0.3, -0.25) is 0 Å². The normalized spacial score (nSPS) is 11.0. The van der Waals surface area contributed by atoms with E-state index in [0.29, 0.717) is 0 Å². The average Bonchev–Trinajstić information content (AvgIpc) is 2.75. The number of aryl methyl sites for hydroxylation is 4. The fraction of sp³-hybridized carbons (Fsp3) is 0.250. The fourth-order valence-electron chi connectivity index (χ4n) is 2.52. The van der Waals surface area contributed by atoms with Crippen LogP contribution in [0.4, 0.5) is 11.5 Å². The van der Waals surface area contributed by atoms with Crippen LogP contribution in [0.3, 0.4) is 0 Å². The minimum atomic E-state index is 0.757. The summed E-state index contributed by atoms with van der Waals surface area (Å²) in [5.74, 6) is 1.62. The Morgan fingerprint density at radius 2 is 1.65 bits per heavy atom. The van der Waals surface area contributed by atoms with Crippen LogP contribution in [-0.2, 0) is 0 Å². The number of anilines is 2. The number of aromatic nitrogens is 3. The summed E-state index contributed by atoms with van der Waals surface area (Å²) in [4.78, 5) is 12.2. The van der Waals surface area contributed by atoms with E-state index in [9.17, 15) is 0 Å². The lowest BCUT2D eigenvalue weighted by atomic mass is 10.1. The second-order valence-electron chi connectivity index (χ2n) is 5.21. The van der Waals surface area contributed by atoms with Crippen molar-refractivity contribution in [2.45, 2.75) is 27.7 Å². The standard InChI is InChI=1S/C16H18N4/c1-9-6-5-7-10(2)14(9)20-16-13-11(3)8-17-15(13)18-12(4)19-16/h5-8H,1-4H3,(H2,17,18,19,20). The predicted octanol–water partition coefficient (Wildman–Crippen LogP) is 3.94. The Balaban J connectivity index is 2.18. The van der Waals surface area contributed by atoms with Gasteiger partial charge in [-0.15, -0.1) is 0 Å². The average molecular weight is 266 g/mol. The van der Waals surface area contributed by atoms with Crippen LogP contribution in [0.25, 0.3) is 11.0 Å². The van der Waals surface area contributed by atoms with Crippen LogP contribution in [0, 0.1) is 27.7 Å². The third-order valence-corrected chi connectivity index (χ3v) is 3.57. The third kappa shape index (κ3) is 2.03. The molecule has 0 unspecified atom stereocenters. The van der Waals surface area contributed by atoms with Crippen LogP contribution in [0.15, 0.2) is 24.4 Å². The van der Waals surface area contributed by atoms with Gasteiger partial charge in [-0.25, -0.2) is 9.97 Å². The number of H-pyrrole nitrogens is 1. The summed E-state index contributed by atoms with van der Waals surface area (Å²) in [5, 5.41) is 4.53. The van der Waals surface area contributed by atoms with Crippen LogP contribution in [0.1, 0.15) is 22.5 Å². The van der Waals surface area contributed by atoms with Crippen molar-refractivity contribution in [3.8, 4) is 0 Å². The Morgan fingerprint density at radius 3 is 2.35 bits per heavy atom. The van der Waals surface area contributed by atoms with Crippen LogP contribution in [-0.4, -0.2) is 15.0 Å². The molecule has 4 nitrogen and oxygen atoms in total. The quantitative estimate of drug-likeness (QED) is 0.738. The maximum Gasteiger partial charge on any atom is 0.143 e. The number of aromatic amines is 1. The molecule has 3 rings (SSSR count). The van der Waals surface area contributed by atoms with Gasteiger partial charge in [-0.05, 0) is 44.4 Å². The van der Waals surface area contributed by atoms with Crippen molar-refractivity contribution in [3.63, 3.8) is 0 Å². The van der Waals surface area contributed by atoms with E-state index in [-0.39, 0.29) is 0 Å². The summed E-state index contributed by atoms with van der Waals surface area (Å²) < 4.78 is 0. The molecule has 20 heavy (non-hydrogen) atoms. The van der Waals surface area contributed by atoms with Gasteiger partial charge in [0.1, 0.15) is 17.3 Å². The maximum absolute atomic E-state index is 4.57. The molecule has 102 valence electrons. The number of nitrogens with one attached hydrogen (secondary N) is 2. The first kappa shape index (κ1) is 12.7. The van der Waals surface area contributed by atoms with Crippen LogP contribution in [0.5, 0.6) is 0 Å². The van der Waals surface area contributed by atoms with Gasteiger partial charge in [-0.1, -0.05) is 18.2 Å². The summed E-state index contributed by atoms with van der Waals surface area (Å²) in [6.07, 6.45) is 1.97. The molecule has 2 aromatic heterocycles. The van der Waals surface area contributed by atoms with E-state index < -0.39 is 0 Å². The van der Waals surface area contributed by atoms with Crippen molar-refractivity contribution in [2.75, 3.05) is 5.32 Å². The first-order valence-electron chi connectivity index (χ1n) is 6.72. The number of fused-ring (bicyclic) bond motifs is 1. The lowest BCUT2D eigenvalue weighted by Crippen LogP contribution is -2.01. The Kier molecular flexibility index (Phi) is 2.93. The van der Waals surface area contributed by atoms with E-state index in [0.717, 1.165) is 33.9 Å². The number of rotatable bonds is 2. The highest BCUT2D eigenvalue weighted by molar-refractivity contribution is 5.92. The minimum absolute atomic E-state index is 0.757. The molecule has 0 radical (unpaired) electrons. The van der Waals surface area contributed by atoms with Gasteiger partial charge in [0.05, 0.1) is 5.39 Å². The number of hydrogen-bond donors (Lipinski definition) is 2. The molecule has 0 amide bonds. The molecule has 0 aliphatic heterocycles. The maximum atomic E-state index is 4.57. The Labute approximate surface area is 118 Å². The smallest absolute Gasteiger partial charge is 0.143 e. The van der Waals surface area contributed by atoms with E-state index in [1.54, 1.807) is 0 Å². The summed E-state index contributed by atoms with van der Waals surface area (Å²) >= 11 is 0. The molecule has 0 saturated heterocycles. The molecular weight excluding hydrogens is 248 g/mol. The van der Waals surface area contributed by atoms with Crippen molar-refractivity contribution >= 4 is 22.5 Å². The largest absolute Gasteiger partial charge is 0.346 e. The lowest BCUT2D eigenvalue weighted by Gasteiger charge is -2.13. The van der Waals surface area contributed by atoms with Gasteiger partial charge < -0.3 is 10.3 Å². The van der Waals surface area contributed by atoms with Crippen molar-refractivity contribution < 1.29 is 0 Å². The summed E-state index contributed by atoms with van der Waals surface area (Å²) in [5.41, 5.74) is 5.56. The van der Waals surface area contributed by atoms with E-state index in [2.05, 4.69) is 59.2 Å². The first-order valence-corrected chi connectivity index (χ1v) is 6.72. The predicted molar refractivity (Wildman–Crippen MR) is 82.6 cm³/mol. The molecule has 0 fully saturated rings. The van der Waals surface area contributed by atoms with Crippen molar-refractivity contribution in [2.24, 2.45) is 0 Å². The third-order valence-electron chi connectivity index (χ3n) is 3.57. The zero-order valence-electron chi connectivity index (χ0n) is 12.2. The topological polar surface area (TPSA) is 53.6 Å². The summed E-state index contributed by atoms with van der Waals surface area (Å²) in [7, 11) is 0. The summed E-state index contributed by atoms with van der Waals surface area (Å²) in [6.45, 7) is 8.17. The molecule has 0 spiro atoms. The molecule has 4 heteroatoms. The number of nitrogens with zero attached hydrogens (tertiary/aromatic N) is 2. The van der Waals surface area contributed by atoms with E-state index in [4.69, 9.17) is 0 Å². The van der Waals surface area contributed by atoms with Crippen LogP contribution >= 0.6 is 0 Å². The van der Waals surface area contributed by atoms with Gasteiger partial charge in [0.2, 0.25) is 0 Å². The van der Waals surface area contributed by atoms with E-state index in [1.807, 2.05) is 13.1 Å².